The number of H-pyrrole nitrogens is 1. The van der Waals surface area contributed by atoms with Gasteiger partial charge in [0, 0.05) is 17.8 Å². The Morgan fingerprint density at radius 1 is 0.897 bits per heavy atom. The monoisotopic (exact) mass is 434 g/mol. The van der Waals surface area contributed by atoms with Gasteiger partial charge >= 0.3 is 0 Å². The molecule has 1 heterocycles. The lowest BCUT2D eigenvalue weighted by atomic mass is 10.1. The van der Waals surface area contributed by atoms with Gasteiger partial charge in [-0.3, -0.25) is 4.79 Å². The predicted molar refractivity (Wildman–Crippen MR) is 126 cm³/mol. The first-order chi connectivity index (χ1) is 14.3. The van der Waals surface area contributed by atoms with Crippen LogP contribution in [0.4, 0.5) is 0 Å². The fraction of sp³-hybridized carbons (Fsp3) is 0.522. The molecule has 2 rings (SSSR count). The second kappa shape index (κ2) is 7.80. The molecule has 0 saturated carbocycles. The minimum Gasteiger partial charge on any atom is -0.543 e. The summed E-state index contributed by atoms with van der Waals surface area (Å²) in [4.78, 5) is 16.1. The van der Waals surface area contributed by atoms with Crippen molar-refractivity contribution in [3.63, 3.8) is 0 Å². The number of rotatable bonds is 6. The topological polar surface area (TPSA) is 51.3 Å². The quantitative estimate of drug-likeness (QED) is 0.393. The zero-order valence-electron chi connectivity index (χ0n) is 22.5. The summed E-state index contributed by atoms with van der Waals surface area (Å²) in [6.45, 7) is 20.6. The second-order valence-electron chi connectivity index (χ2n) is 10.5. The second-order valence-corrected chi connectivity index (χ2v) is 20.0. The Labute approximate surface area is 182 Å². The number of ketones is 1. The van der Waals surface area contributed by atoms with E-state index in [0.29, 0.717) is 0 Å². The van der Waals surface area contributed by atoms with E-state index in [1.165, 1.54) is 0 Å². The highest BCUT2D eigenvalue weighted by atomic mass is 28.4. The number of aromatic nitrogens is 1. The molecule has 0 aliphatic carbocycles. The Balaban J connectivity index is 2.81. The van der Waals surface area contributed by atoms with Crippen molar-refractivity contribution in [2.24, 2.45) is 0 Å². The van der Waals surface area contributed by atoms with Crippen molar-refractivity contribution in [3.05, 3.63) is 47.7 Å². The first kappa shape index (κ1) is 19.2. The van der Waals surface area contributed by atoms with Gasteiger partial charge in [-0.2, -0.15) is 0 Å². The summed E-state index contributed by atoms with van der Waals surface area (Å²) in [5, 5.41) is -0.342. The Morgan fingerprint density at radius 2 is 1.34 bits per heavy atom. The van der Waals surface area contributed by atoms with Gasteiger partial charge in [-0.05, 0) is 60.5 Å². The van der Waals surface area contributed by atoms with Gasteiger partial charge in [0.1, 0.15) is 11.5 Å². The van der Waals surface area contributed by atoms with E-state index in [4.69, 9.17) is 13.0 Å². The Kier molecular flexibility index (Phi) is 5.16. The first-order valence-corrected chi connectivity index (χ1v) is 15.8. The minimum atomic E-state index is -2.43. The predicted octanol–water partition coefficient (Wildman–Crippen LogP) is 7.01. The summed E-state index contributed by atoms with van der Waals surface area (Å²) in [6.07, 6.45) is 1.62. The lowest BCUT2D eigenvalue weighted by molar-refractivity contribution is 0.103. The molecule has 1 aromatic heterocycles. The highest BCUT2D eigenvalue weighted by molar-refractivity contribution is 6.75. The van der Waals surface area contributed by atoms with Crippen LogP contribution in [0.2, 0.25) is 36.3 Å². The van der Waals surface area contributed by atoms with Crippen molar-refractivity contribution in [2.45, 2.75) is 77.8 Å². The lowest BCUT2D eigenvalue weighted by Gasteiger charge is -2.38. The van der Waals surface area contributed by atoms with E-state index in [9.17, 15) is 4.79 Å². The van der Waals surface area contributed by atoms with Crippen LogP contribution in [-0.2, 0) is 0 Å². The molecular weight excluding hydrogens is 394 g/mol. The van der Waals surface area contributed by atoms with Crippen LogP contribution in [-0.4, -0.2) is 27.4 Å². The molecule has 0 saturated heterocycles. The molecule has 0 atom stereocenters. The van der Waals surface area contributed by atoms with E-state index >= 15 is 0 Å². The third kappa shape index (κ3) is 5.42. The zero-order chi connectivity index (χ0) is 24.9. The number of benzene rings is 1. The van der Waals surface area contributed by atoms with E-state index in [2.05, 4.69) is 46.5 Å². The number of nitrogens with one attached hydrogen (secondary N) is 1. The highest BCUT2D eigenvalue weighted by Crippen LogP contribution is 2.41. The van der Waals surface area contributed by atoms with Crippen LogP contribution in [0.25, 0.3) is 0 Å². The fourth-order valence-corrected chi connectivity index (χ4v) is 3.90. The molecule has 2 aromatic rings. The molecule has 1 aromatic carbocycles. The number of carbonyl (C=O) groups excluding carboxylic acids is 1. The van der Waals surface area contributed by atoms with Gasteiger partial charge in [-0.15, -0.1) is 0 Å². The van der Waals surface area contributed by atoms with Crippen molar-refractivity contribution in [1.29, 1.82) is 0 Å². The van der Waals surface area contributed by atoms with E-state index < -0.39 is 22.4 Å². The van der Waals surface area contributed by atoms with Crippen molar-refractivity contribution in [2.75, 3.05) is 0 Å². The van der Waals surface area contributed by atoms with Crippen LogP contribution in [0.3, 0.4) is 0 Å². The summed E-state index contributed by atoms with van der Waals surface area (Å²) in [6, 6.07) is 2.72. The maximum Gasteiger partial charge on any atom is 0.250 e. The molecule has 4 nitrogen and oxygen atoms in total. The summed E-state index contributed by atoms with van der Waals surface area (Å²) < 4.78 is 39.2. The summed E-state index contributed by atoms with van der Waals surface area (Å²) in [7, 11) is -4.87. The summed E-state index contributed by atoms with van der Waals surface area (Å²) in [5.41, 5.74) is 0.173. The fourth-order valence-electron chi connectivity index (χ4n) is 2.06. The average Bonchev–Trinajstić information content (AvgIpc) is 3.15. The maximum atomic E-state index is 13.3. The third-order valence-corrected chi connectivity index (χ3v) is 14.8. The normalized spacial score (nSPS) is 14.8. The molecule has 0 aliphatic rings. The van der Waals surface area contributed by atoms with Gasteiger partial charge in [0.2, 0.25) is 22.4 Å². The van der Waals surface area contributed by atoms with Gasteiger partial charge in [-0.1, -0.05) is 41.5 Å². The standard InChI is InChI=1S/C23H37NO3Si2/c1-22(2,3)28(7,8)26-18-14-17(21(25)20-12-11-13-24-20)15-19(16-18)27-29(9,10)23(4,5)6/h11-16,24H,1-10H3/i14D,15D,16D. The van der Waals surface area contributed by atoms with Gasteiger partial charge in [0.05, 0.1) is 9.81 Å². The first-order valence-electron chi connectivity index (χ1n) is 11.5. The molecule has 0 radical (unpaired) electrons. The van der Waals surface area contributed by atoms with Gasteiger partial charge in [-0.25, -0.2) is 0 Å². The van der Waals surface area contributed by atoms with Crippen LogP contribution in [0, 0.1) is 0 Å². The molecule has 160 valence electrons. The Hall–Kier alpha value is -1.80. The molecule has 6 heteroatoms. The van der Waals surface area contributed by atoms with Crippen LogP contribution < -0.4 is 8.85 Å². The van der Waals surface area contributed by atoms with E-state index in [0.717, 1.165) is 0 Å². The van der Waals surface area contributed by atoms with E-state index in [1.807, 2.05) is 26.2 Å². The molecule has 0 spiro atoms. The third-order valence-electron chi connectivity index (χ3n) is 6.10. The van der Waals surface area contributed by atoms with Crippen LogP contribution in [0.1, 0.15) is 61.7 Å². The Morgan fingerprint density at radius 3 is 1.69 bits per heavy atom. The molecule has 1 N–H and O–H groups in total. The van der Waals surface area contributed by atoms with Gasteiger partial charge in [0.15, 0.2) is 0 Å². The SMILES string of the molecule is [2H]c1c(O[Si](C)(C)C(C)(C)C)c([2H])c(C(=O)c2ccc[nH]2)c([2H])c1O[Si](C)(C)C(C)(C)C. The van der Waals surface area contributed by atoms with Crippen molar-refractivity contribution in [1.82, 2.24) is 4.98 Å². The lowest BCUT2D eigenvalue weighted by Crippen LogP contribution is -2.44. The maximum absolute atomic E-state index is 13.3. The average molecular weight is 435 g/mol. The molecule has 0 amide bonds. The highest BCUT2D eigenvalue weighted by Gasteiger charge is 2.40. The number of hydrogen-bond donors (Lipinski definition) is 1. The smallest absolute Gasteiger partial charge is 0.250 e. The Bertz CT molecular complexity index is 950. The summed E-state index contributed by atoms with van der Waals surface area (Å²) in [5.74, 6) is -0.433. The van der Waals surface area contributed by atoms with Crippen LogP contribution in [0.5, 0.6) is 11.5 Å². The molecule has 0 unspecified atom stereocenters. The number of hydrogen-bond acceptors (Lipinski definition) is 3. The molecule has 29 heavy (non-hydrogen) atoms. The van der Waals surface area contributed by atoms with Gasteiger partial charge in [0.25, 0.3) is 0 Å². The molecule has 0 fully saturated rings. The van der Waals surface area contributed by atoms with Crippen LogP contribution in [0.15, 0.2) is 36.5 Å². The van der Waals surface area contributed by atoms with E-state index in [-0.39, 0.29) is 51.0 Å². The van der Waals surface area contributed by atoms with Crippen molar-refractivity contribution < 1.29 is 17.8 Å². The zero-order valence-corrected chi connectivity index (χ0v) is 21.5. The van der Waals surface area contributed by atoms with Crippen molar-refractivity contribution >= 4 is 22.4 Å². The van der Waals surface area contributed by atoms with Gasteiger partial charge < -0.3 is 13.8 Å². The minimum absolute atomic E-state index is 0.0243. The molecule has 0 aliphatic heterocycles. The molecule has 0 bridgehead atoms. The summed E-state index contributed by atoms with van der Waals surface area (Å²) >= 11 is 0. The van der Waals surface area contributed by atoms with E-state index in [1.54, 1.807) is 18.3 Å². The van der Waals surface area contributed by atoms with Crippen molar-refractivity contribution in [3.8, 4) is 11.5 Å². The van der Waals surface area contributed by atoms with Crippen LogP contribution >= 0.6 is 0 Å². The largest absolute Gasteiger partial charge is 0.543 e. The number of aromatic amines is 1. The number of carbonyl (C=O) groups is 1. The molecular formula is C23H37NO3Si2.